The molecule has 3 aliphatic rings. The number of esters is 1. The molecule has 0 N–H and O–H groups in total. The van der Waals surface area contributed by atoms with Crippen molar-refractivity contribution in [2.75, 3.05) is 13.4 Å². The Balaban J connectivity index is 1.62. The van der Waals surface area contributed by atoms with Crippen LogP contribution in [-0.2, 0) is 14.3 Å². The van der Waals surface area contributed by atoms with E-state index in [4.69, 9.17) is 19.2 Å². The lowest BCUT2D eigenvalue weighted by Gasteiger charge is -2.37. The lowest BCUT2D eigenvalue weighted by molar-refractivity contribution is -0.146. The Morgan fingerprint density at radius 2 is 1.88 bits per heavy atom. The van der Waals surface area contributed by atoms with E-state index in [-0.39, 0.29) is 24.5 Å². The van der Waals surface area contributed by atoms with E-state index in [1.807, 2.05) is 44.2 Å². The summed E-state index contributed by atoms with van der Waals surface area (Å²) < 4.78 is 17.5. The number of allylic oxidation sites excluding steroid dienone is 2. The molecule has 0 fully saturated rings. The van der Waals surface area contributed by atoms with Gasteiger partial charge in [-0.25, -0.2) is 0 Å². The highest BCUT2D eigenvalue weighted by atomic mass is 79.9. The van der Waals surface area contributed by atoms with Crippen LogP contribution in [0, 0.1) is 5.92 Å². The fourth-order valence-corrected chi connectivity index (χ4v) is 5.69. The predicted octanol–water partition coefficient (Wildman–Crippen LogP) is 5.71. The van der Waals surface area contributed by atoms with Crippen molar-refractivity contribution in [3.63, 3.8) is 0 Å². The number of aliphatic imine (C=N–C) groups is 1. The van der Waals surface area contributed by atoms with Crippen LogP contribution in [0.15, 0.2) is 63.2 Å². The summed E-state index contributed by atoms with van der Waals surface area (Å²) in [5, 5.41) is 0. The molecule has 0 bridgehead atoms. The number of benzene rings is 2. The number of hydrogen-bond acceptors (Lipinski definition) is 6. The molecule has 5 rings (SSSR count). The second-order valence-corrected chi connectivity index (χ2v) is 9.76. The number of hydrogen-bond donors (Lipinski definition) is 0. The minimum atomic E-state index is -0.681. The first-order valence-corrected chi connectivity index (χ1v) is 12.4. The van der Waals surface area contributed by atoms with Gasteiger partial charge in [0.05, 0.1) is 6.61 Å². The first kappa shape index (κ1) is 22.8. The number of halogens is 1. The smallest absolute Gasteiger partial charge is 0.315 e. The summed E-state index contributed by atoms with van der Waals surface area (Å²) >= 11 is 3.66. The minimum Gasteiger partial charge on any atom is -0.465 e. The van der Waals surface area contributed by atoms with Crippen LogP contribution in [-0.4, -0.2) is 30.9 Å². The van der Waals surface area contributed by atoms with Crippen molar-refractivity contribution in [3.05, 3.63) is 69.3 Å². The second kappa shape index (κ2) is 9.37. The molecule has 2 aliphatic heterocycles. The average Bonchev–Trinajstić information content (AvgIpc) is 3.28. The van der Waals surface area contributed by atoms with Gasteiger partial charge < -0.3 is 14.2 Å². The van der Waals surface area contributed by atoms with Gasteiger partial charge >= 0.3 is 5.97 Å². The highest BCUT2D eigenvalue weighted by Crippen LogP contribution is 2.50. The van der Waals surface area contributed by atoms with Crippen molar-refractivity contribution >= 4 is 33.4 Å². The molecule has 0 spiro atoms. The topological polar surface area (TPSA) is 74.2 Å². The van der Waals surface area contributed by atoms with Crippen LogP contribution in [0.4, 0.5) is 0 Å². The van der Waals surface area contributed by atoms with E-state index in [1.165, 1.54) is 0 Å². The van der Waals surface area contributed by atoms with E-state index < -0.39 is 11.8 Å². The maximum atomic E-state index is 13.7. The Morgan fingerprint density at radius 3 is 2.62 bits per heavy atom. The Bertz CT molecular complexity index is 1200. The van der Waals surface area contributed by atoms with Crippen LogP contribution in [0.2, 0.25) is 0 Å². The third-order valence-electron chi connectivity index (χ3n) is 6.69. The van der Waals surface area contributed by atoms with Gasteiger partial charge in [-0.2, -0.15) is 0 Å². The van der Waals surface area contributed by atoms with Crippen molar-refractivity contribution in [1.82, 2.24) is 0 Å². The highest BCUT2D eigenvalue weighted by molar-refractivity contribution is 9.10. The van der Waals surface area contributed by atoms with Crippen LogP contribution in [0.5, 0.6) is 11.5 Å². The monoisotopic (exact) mass is 523 g/mol. The van der Waals surface area contributed by atoms with Crippen LogP contribution >= 0.6 is 15.9 Å². The van der Waals surface area contributed by atoms with Crippen molar-refractivity contribution in [3.8, 4) is 11.5 Å². The van der Waals surface area contributed by atoms with Crippen molar-refractivity contribution < 1.29 is 23.8 Å². The van der Waals surface area contributed by atoms with Crippen LogP contribution in [0.1, 0.15) is 56.1 Å². The normalized spacial score (nSPS) is 23.4. The number of carbonyl (C=O) groups excluding carboxylic acids is 2. The molecule has 7 heteroatoms. The van der Waals surface area contributed by atoms with E-state index >= 15 is 0 Å². The summed E-state index contributed by atoms with van der Waals surface area (Å²) in [5.41, 5.74) is 3.96. The van der Waals surface area contributed by atoms with Crippen molar-refractivity contribution in [2.24, 2.45) is 10.9 Å². The SMILES string of the molecule is CCCOC(=O)C1C(C)=NC2=C(C(=O)C[C@@H](c3ccccc3)C2)[C@@H]1c1cc2c(cc1Br)OCO2. The molecule has 34 heavy (non-hydrogen) atoms. The summed E-state index contributed by atoms with van der Waals surface area (Å²) in [7, 11) is 0. The molecule has 1 unspecified atom stereocenters. The van der Waals surface area contributed by atoms with Crippen LogP contribution < -0.4 is 9.47 Å². The van der Waals surface area contributed by atoms with E-state index in [2.05, 4.69) is 28.1 Å². The van der Waals surface area contributed by atoms with Crippen LogP contribution in [0.25, 0.3) is 0 Å². The van der Waals surface area contributed by atoms with Gasteiger partial charge in [-0.15, -0.1) is 0 Å². The lowest BCUT2D eigenvalue weighted by Crippen LogP contribution is -2.38. The summed E-state index contributed by atoms with van der Waals surface area (Å²) in [6.45, 7) is 4.28. The fraction of sp³-hybridized carbons (Fsp3) is 0.370. The summed E-state index contributed by atoms with van der Waals surface area (Å²) in [6, 6.07) is 13.8. The Kier molecular flexibility index (Phi) is 6.30. The molecule has 0 aromatic heterocycles. The summed E-state index contributed by atoms with van der Waals surface area (Å²) in [4.78, 5) is 31.8. The van der Waals surface area contributed by atoms with E-state index in [1.54, 1.807) is 0 Å². The fourth-order valence-electron chi connectivity index (χ4n) is 5.13. The van der Waals surface area contributed by atoms with Gasteiger partial charge in [-0.05, 0) is 48.9 Å². The molecule has 2 aromatic rings. The number of Topliss-reactive ketones (excluding diaryl/α,β-unsaturated/α-hetero) is 1. The predicted molar refractivity (Wildman–Crippen MR) is 131 cm³/mol. The van der Waals surface area contributed by atoms with Gasteiger partial charge in [0.1, 0.15) is 5.92 Å². The first-order chi connectivity index (χ1) is 16.5. The number of nitrogens with zero attached hydrogens (tertiary/aromatic N) is 1. The molecule has 2 heterocycles. The van der Waals surface area contributed by atoms with Crippen molar-refractivity contribution in [2.45, 2.75) is 44.9 Å². The van der Waals surface area contributed by atoms with E-state index in [0.29, 0.717) is 42.2 Å². The molecule has 176 valence electrons. The van der Waals surface area contributed by atoms with Gasteiger partial charge in [0.2, 0.25) is 6.79 Å². The third-order valence-corrected chi connectivity index (χ3v) is 7.38. The van der Waals surface area contributed by atoms with Gasteiger partial charge in [0.15, 0.2) is 17.3 Å². The molecular formula is C27H26BrNO5. The average molecular weight is 524 g/mol. The number of fused-ring (bicyclic) bond motifs is 1. The largest absolute Gasteiger partial charge is 0.465 e. The zero-order valence-electron chi connectivity index (χ0n) is 19.2. The van der Waals surface area contributed by atoms with Gasteiger partial charge in [-0.1, -0.05) is 53.2 Å². The van der Waals surface area contributed by atoms with E-state index in [0.717, 1.165) is 27.7 Å². The molecule has 2 aromatic carbocycles. The summed E-state index contributed by atoms with van der Waals surface area (Å²) in [6.07, 6.45) is 1.75. The molecule has 0 saturated carbocycles. The maximum Gasteiger partial charge on any atom is 0.315 e. The third kappa shape index (κ3) is 4.06. The number of carbonyl (C=O) groups is 2. The molecule has 1 aliphatic carbocycles. The molecule has 0 amide bonds. The highest BCUT2D eigenvalue weighted by Gasteiger charge is 2.45. The summed E-state index contributed by atoms with van der Waals surface area (Å²) in [5.74, 6) is -0.226. The van der Waals surface area contributed by atoms with Crippen molar-refractivity contribution in [1.29, 1.82) is 0 Å². The lowest BCUT2D eigenvalue weighted by atomic mass is 9.69. The minimum absolute atomic E-state index is 0.0224. The Morgan fingerprint density at radius 1 is 1.15 bits per heavy atom. The number of rotatable bonds is 5. The standard InChI is InChI=1S/C27H26BrNO5/c1-3-9-32-27(31)24-15(2)29-20-10-17(16-7-5-4-6-8-16)11-21(30)26(20)25(24)18-12-22-23(13-19(18)28)34-14-33-22/h4-8,12-13,17,24-25H,3,9-11,14H2,1-2H3/t17-,24?,25+/m0/s1. The zero-order valence-corrected chi connectivity index (χ0v) is 20.8. The first-order valence-electron chi connectivity index (χ1n) is 11.6. The van der Waals surface area contributed by atoms with Gasteiger partial charge in [0, 0.05) is 33.8 Å². The van der Waals surface area contributed by atoms with Crippen LogP contribution in [0.3, 0.4) is 0 Å². The van der Waals surface area contributed by atoms with Gasteiger partial charge in [-0.3, -0.25) is 14.6 Å². The van der Waals surface area contributed by atoms with Gasteiger partial charge in [0.25, 0.3) is 0 Å². The van der Waals surface area contributed by atoms with E-state index in [9.17, 15) is 9.59 Å². The Labute approximate surface area is 207 Å². The molecule has 6 nitrogen and oxygen atoms in total. The maximum absolute atomic E-state index is 13.7. The zero-order chi connectivity index (χ0) is 23.8. The number of ether oxygens (including phenoxy) is 3. The molecule has 0 radical (unpaired) electrons. The number of ketones is 1. The molecule has 3 atom stereocenters. The second-order valence-electron chi connectivity index (χ2n) is 8.90. The quantitative estimate of drug-likeness (QED) is 0.469. The molecular weight excluding hydrogens is 498 g/mol. The molecule has 0 saturated heterocycles. The Hall–Kier alpha value is -2.93.